The number of aromatic nitrogens is 4. The van der Waals surface area contributed by atoms with E-state index in [0.29, 0.717) is 21.9 Å². The Morgan fingerprint density at radius 1 is 1.17 bits per heavy atom. The van der Waals surface area contributed by atoms with E-state index in [4.69, 9.17) is 0 Å². The van der Waals surface area contributed by atoms with Crippen LogP contribution in [0.15, 0.2) is 45.1 Å². The van der Waals surface area contributed by atoms with Crippen molar-refractivity contribution in [3.05, 3.63) is 62.6 Å². The lowest BCUT2D eigenvalue weighted by atomic mass is 10.2. The molecule has 1 atom stereocenters. The lowest BCUT2D eigenvalue weighted by Gasteiger charge is -2.11. The molecule has 0 aliphatic rings. The van der Waals surface area contributed by atoms with Crippen LogP contribution in [0.25, 0.3) is 10.9 Å². The van der Waals surface area contributed by atoms with E-state index in [-0.39, 0.29) is 16.4 Å². The van der Waals surface area contributed by atoms with Crippen LogP contribution in [0.4, 0.5) is 0 Å². The molecule has 7 heteroatoms. The van der Waals surface area contributed by atoms with Gasteiger partial charge in [-0.1, -0.05) is 37.2 Å². The van der Waals surface area contributed by atoms with Gasteiger partial charge in [-0.2, -0.15) is 0 Å². The van der Waals surface area contributed by atoms with Crippen molar-refractivity contribution < 1.29 is 0 Å². The number of fused-ring (bicyclic) bond motifs is 1. The second-order valence-electron chi connectivity index (χ2n) is 5.52. The summed E-state index contributed by atoms with van der Waals surface area (Å²) in [6, 6.07) is 8.74. The molecule has 0 amide bonds. The molecule has 0 fully saturated rings. The second-order valence-corrected chi connectivity index (χ2v) is 6.85. The number of nitrogens with zero attached hydrogens (tertiary/aromatic N) is 2. The Bertz CT molecular complexity index is 980. The molecule has 3 aromatic rings. The van der Waals surface area contributed by atoms with Crippen LogP contribution in [-0.4, -0.2) is 19.9 Å². The maximum absolute atomic E-state index is 12.2. The molecule has 0 saturated carbocycles. The average Bonchev–Trinajstić information content (AvgIpc) is 2.54. The fourth-order valence-corrected chi connectivity index (χ4v) is 3.33. The van der Waals surface area contributed by atoms with Crippen LogP contribution in [0.2, 0.25) is 0 Å². The minimum absolute atomic E-state index is 0.151. The van der Waals surface area contributed by atoms with Crippen molar-refractivity contribution in [1.82, 2.24) is 19.9 Å². The molecule has 24 heavy (non-hydrogen) atoms. The van der Waals surface area contributed by atoms with Gasteiger partial charge in [0.1, 0.15) is 5.82 Å². The molecule has 0 aliphatic heterocycles. The van der Waals surface area contributed by atoms with Gasteiger partial charge in [0.05, 0.1) is 16.2 Å². The van der Waals surface area contributed by atoms with E-state index in [2.05, 4.69) is 19.9 Å². The largest absolute Gasteiger partial charge is 0.309 e. The Kier molecular flexibility index (Phi) is 4.80. The van der Waals surface area contributed by atoms with Crippen molar-refractivity contribution in [1.29, 1.82) is 0 Å². The highest BCUT2D eigenvalue weighted by atomic mass is 32.2. The number of benzene rings is 1. The Balaban J connectivity index is 1.91. The molecule has 1 aromatic carbocycles. The first kappa shape index (κ1) is 16.4. The molecule has 0 radical (unpaired) electrons. The highest BCUT2D eigenvalue weighted by molar-refractivity contribution is 7.99. The molecular weight excluding hydrogens is 324 g/mol. The summed E-state index contributed by atoms with van der Waals surface area (Å²) in [6.45, 7) is 3.96. The summed E-state index contributed by atoms with van der Waals surface area (Å²) in [4.78, 5) is 38.5. The van der Waals surface area contributed by atoms with Crippen molar-refractivity contribution in [2.45, 2.75) is 37.1 Å². The fourth-order valence-electron chi connectivity index (χ4n) is 2.44. The number of aromatic amines is 2. The van der Waals surface area contributed by atoms with Gasteiger partial charge in [0, 0.05) is 11.8 Å². The van der Waals surface area contributed by atoms with Gasteiger partial charge in [-0.25, -0.2) is 9.97 Å². The lowest BCUT2D eigenvalue weighted by Crippen LogP contribution is -2.14. The van der Waals surface area contributed by atoms with E-state index in [1.807, 2.05) is 32.0 Å². The summed E-state index contributed by atoms with van der Waals surface area (Å²) in [5, 5.41) is 0.950. The number of H-pyrrole nitrogens is 2. The van der Waals surface area contributed by atoms with Gasteiger partial charge >= 0.3 is 0 Å². The van der Waals surface area contributed by atoms with Crippen molar-refractivity contribution in [2.24, 2.45) is 0 Å². The standard InChI is InChI=1S/C17H18N4O2S/c1-3-6-11-9-14(22)20-17(18-11)24-10(2)15-19-13-8-5-4-7-12(13)16(23)21-15/h4-5,7-10H,3,6H2,1-2H3,(H,18,20,22)(H,19,21,23). The maximum Gasteiger partial charge on any atom is 0.258 e. The molecular formula is C17H18N4O2S. The summed E-state index contributed by atoms with van der Waals surface area (Å²) in [6.07, 6.45) is 1.69. The number of hydrogen-bond acceptors (Lipinski definition) is 5. The minimum atomic E-state index is -0.164. The van der Waals surface area contributed by atoms with Crippen molar-refractivity contribution >= 4 is 22.7 Å². The predicted molar refractivity (Wildman–Crippen MR) is 95.5 cm³/mol. The van der Waals surface area contributed by atoms with Gasteiger partial charge in [-0.15, -0.1) is 0 Å². The summed E-state index contributed by atoms with van der Waals surface area (Å²) in [5.74, 6) is 0.562. The van der Waals surface area contributed by atoms with Crippen LogP contribution in [-0.2, 0) is 6.42 Å². The molecule has 2 aromatic heterocycles. The first-order valence-corrected chi connectivity index (χ1v) is 8.70. The Morgan fingerprint density at radius 3 is 2.75 bits per heavy atom. The predicted octanol–water partition coefficient (Wildman–Crippen LogP) is 2.81. The summed E-state index contributed by atoms with van der Waals surface area (Å²) in [7, 11) is 0. The SMILES string of the molecule is CCCc1cc(=O)[nH]c(SC(C)c2nc3ccccc3c(=O)[nH]2)n1. The van der Waals surface area contributed by atoms with Gasteiger partial charge < -0.3 is 9.97 Å². The zero-order valence-electron chi connectivity index (χ0n) is 13.5. The summed E-state index contributed by atoms with van der Waals surface area (Å²) in [5.41, 5.74) is 1.10. The van der Waals surface area contributed by atoms with Gasteiger partial charge in [-0.05, 0) is 25.5 Å². The number of aryl methyl sites for hydroxylation is 1. The van der Waals surface area contributed by atoms with E-state index in [9.17, 15) is 9.59 Å². The molecule has 1 unspecified atom stereocenters. The van der Waals surface area contributed by atoms with E-state index >= 15 is 0 Å². The summed E-state index contributed by atoms with van der Waals surface area (Å²) < 4.78 is 0. The normalized spacial score (nSPS) is 12.4. The first-order valence-electron chi connectivity index (χ1n) is 7.82. The molecule has 0 saturated heterocycles. The van der Waals surface area contributed by atoms with E-state index in [1.165, 1.54) is 17.8 Å². The topological polar surface area (TPSA) is 91.5 Å². The molecule has 2 N–H and O–H groups in total. The Morgan fingerprint density at radius 2 is 1.96 bits per heavy atom. The Labute approximate surface area is 142 Å². The number of nitrogens with one attached hydrogen (secondary N) is 2. The van der Waals surface area contributed by atoms with Crippen LogP contribution in [0.5, 0.6) is 0 Å². The third-order valence-corrected chi connectivity index (χ3v) is 4.58. The first-order chi connectivity index (χ1) is 11.6. The monoisotopic (exact) mass is 342 g/mol. The highest BCUT2D eigenvalue weighted by Crippen LogP contribution is 2.30. The van der Waals surface area contributed by atoms with E-state index in [0.717, 1.165) is 18.5 Å². The minimum Gasteiger partial charge on any atom is -0.309 e. The fraction of sp³-hybridized carbons (Fsp3) is 0.294. The third kappa shape index (κ3) is 3.56. The van der Waals surface area contributed by atoms with Crippen LogP contribution in [0.3, 0.4) is 0 Å². The molecule has 0 bridgehead atoms. The van der Waals surface area contributed by atoms with E-state index < -0.39 is 0 Å². The average molecular weight is 342 g/mol. The number of para-hydroxylation sites is 1. The number of rotatable bonds is 5. The molecule has 124 valence electrons. The van der Waals surface area contributed by atoms with Crippen LogP contribution in [0, 0.1) is 0 Å². The number of thioether (sulfide) groups is 1. The maximum atomic E-state index is 12.2. The molecule has 0 aliphatic carbocycles. The Hall–Kier alpha value is -2.41. The van der Waals surface area contributed by atoms with Crippen molar-refractivity contribution in [3.63, 3.8) is 0 Å². The van der Waals surface area contributed by atoms with Crippen molar-refractivity contribution in [2.75, 3.05) is 0 Å². The van der Waals surface area contributed by atoms with Gasteiger partial charge in [-0.3, -0.25) is 9.59 Å². The molecule has 6 nitrogen and oxygen atoms in total. The quantitative estimate of drug-likeness (QED) is 0.549. The van der Waals surface area contributed by atoms with Crippen LogP contribution < -0.4 is 11.1 Å². The van der Waals surface area contributed by atoms with Gasteiger partial charge in [0.15, 0.2) is 5.16 Å². The van der Waals surface area contributed by atoms with Crippen LogP contribution >= 0.6 is 11.8 Å². The zero-order chi connectivity index (χ0) is 17.1. The second kappa shape index (κ2) is 7.00. The molecule has 0 spiro atoms. The lowest BCUT2D eigenvalue weighted by molar-refractivity contribution is 0.810. The van der Waals surface area contributed by atoms with E-state index in [1.54, 1.807) is 6.07 Å². The molecule has 2 heterocycles. The smallest absolute Gasteiger partial charge is 0.258 e. The van der Waals surface area contributed by atoms with Crippen molar-refractivity contribution in [3.8, 4) is 0 Å². The molecule has 3 rings (SSSR count). The highest BCUT2D eigenvalue weighted by Gasteiger charge is 2.14. The third-order valence-electron chi connectivity index (χ3n) is 3.58. The number of hydrogen-bond donors (Lipinski definition) is 2. The summed E-state index contributed by atoms with van der Waals surface area (Å²) >= 11 is 1.37. The zero-order valence-corrected chi connectivity index (χ0v) is 14.3. The van der Waals surface area contributed by atoms with Gasteiger partial charge in [0.2, 0.25) is 0 Å². The van der Waals surface area contributed by atoms with Gasteiger partial charge in [0.25, 0.3) is 11.1 Å². The van der Waals surface area contributed by atoms with Crippen LogP contribution in [0.1, 0.15) is 37.0 Å².